The van der Waals surface area contributed by atoms with Gasteiger partial charge in [-0.1, -0.05) is 97.1 Å². The lowest BCUT2D eigenvalue weighted by atomic mass is 9.49. The lowest BCUT2D eigenvalue weighted by Gasteiger charge is -2.25. The Kier molecular flexibility index (Phi) is 9.36. The molecule has 4 nitrogen and oxygen atoms in total. The summed E-state index contributed by atoms with van der Waals surface area (Å²) < 4.78 is 92.7. The Bertz CT molecular complexity index is 1540. The maximum atomic E-state index is 13.4. The topological polar surface area (TPSA) is 70.5 Å². The van der Waals surface area contributed by atoms with Gasteiger partial charge in [0, 0.05) is 26.3 Å². The van der Waals surface area contributed by atoms with Crippen molar-refractivity contribution < 1.29 is 35.7 Å². The van der Waals surface area contributed by atoms with Crippen molar-refractivity contribution >= 4 is 57.2 Å². The summed E-state index contributed by atoms with van der Waals surface area (Å²) in [6.07, 6.45) is -8.99. The third-order valence-corrected chi connectivity index (χ3v) is 7.43. The molecular weight excluding hydrogens is 580 g/mol. The molecule has 0 radical (unpaired) electrons. The maximum absolute atomic E-state index is 13.4. The standard InChI is InChI=1S/C32H28B2F6N2O2/c35-31(36,37)21-9-13-23(14-10-21)33(43-19-17-41)29-25-5-1-2-6-26(25)30(28-8-4-3-7-27(28)29)34(44-20-18-42)24-15-11-22(12-16-24)32(38,39)40/h1-16H,17-20,41-42H2. The molecule has 0 heterocycles. The van der Waals surface area contributed by atoms with Gasteiger partial charge in [0.2, 0.25) is 0 Å². The van der Waals surface area contributed by atoms with Crippen molar-refractivity contribution in [1.29, 1.82) is 0 Å². The van der Waals surface area contributed by atoms with Gasteiger partial charge in [-0.25, -0.2) is 0 Å². The van der Waals surface area contributed by atoms with E-state index in [9.17, 15) is 26.3 Å². The summed E-state index contributed by atoms with van der Waals surface area (Å²) in [6, 6.07) is 24.6. The van der Waals surface area contributed by atoms with Crippen LogP contribution in [0, 0.1) is 0 Å². The molecule has 0 aliphatic rings. The van der Waals surface area contributed by atoms with Gasteiger partial charge in [-0.15, -0.1) is 0 Å². The number of benzene rings is 5. The predicted molar refractivity (Wildman–Crippen MR) is 164 cm³/mol. The highest BCUT2D eigenvalue weighted by atomic mass is 19.4. The second kappa shape index (κ2) is 13.0. The fourth-order valence-corrected chi connectivity index (χ4v) is 5.52. The lowest BCUT2D eigenvalue weighted by Crippen LogP contribution is -2.50. The van der Waals surface area contributed by atoms with Gasteiger partial charge in [-0.3, -0.25) is 0 Å². The van der Waals surface area contributed by atoms with E-state index in [1.54, 1.807) is 0 Å². The van der Waals surface area contributed by atoms with Crippen molar-refractivity contribution in [3.05, 3.63) is 108 Å². The van der Waals surface area contributed by atoms with Gasteiger partial charge in [0.15, 0.2) is 0 Å². The third kappa shape index (κ3) is 6.49. The van der Waals surface area contributed by atoms with Gasteiger partial charge < -0.3 is 20.8 Å². The fourth-order valence-electron chi connectivity index (χ4n) is 5.52. The molecule has 0 fully saturated rings. The van der Waals surface area contributed by atoms with Crippen LogP contribution < -0.4 is 33.3 Å². The van der Waals surface area contributed by atoms with Crippen LogP contribution in [0.1, 0.15) is 11.1 Å². The number of nitrogens with two attached hydrogens (primary N) is 2. The van der Waals surface area contributed by atoms with Crippen LogP contribution in [0.15, 0.2) is 97.1 Å². The van der Waals surface area contributed by atoms with E-state index in [0.29, 0.717) is 10.9 Å². The molecule has 0 aromatic heterocycles. The number of halogens is 6. The molecule has 0 aliphatic heterocycles. The number of rotatable bonds is 10. The van der Waals surface area contributed by atoms with Gasteiger partial charge in [0.1, 0.15) is 0 Å². The molecule has 0 aliphatic carbocycles. The molecule has 44 heavy (non-hydrogen) atoms. The summed E-state index contributed by atoms with van der Waals surface area (Å²) in [4.78, 5) is 0. The maximum Gasteiger partial charge on any atom is 0.416 e. The van der Waals surface area contributed by atoms with Crippen LogP contribution in [0.3, 0.4) is 0 Å². The Morgan fingerprint density at radius 1 is 0.477 bits per heavy atom. The van der Waals surface area contributed by atoms with Crippen molar-refractivity contribution in [3.8, 4) is 0 Å². The number of hydrogen-bond donors (Lipinski definition) is 2. The Morgan fingerprint density at radius 3 is 1.02 bits per heavy atom. The first-order chi connectivity index (χ1) is 21.0. The van der Waals surface area contributed by atoms with E-state index >= 15 is 0 Å². The van der Waals surface area contributed by atoms with Crippen molar-refractivity contribution in [3.63, 3.8) is 0 Å². The van der Waals surface area contributed by atoms with E-state index in [2.05, 4.69) is 0 Å². The Balaban J connectivity index is 1.77. The summed E-state index contributed by atoms with van der Waals surface area (Å²) in [5.74, 6) is 0. The minimum absolute atomic E-state index is 0.143. The molecule has 5 aromatic rings. The predicted octanol–water partition coefficient (Wildman–Crippen LogP) is 4.19. The van der Waals surface area contributed by atoms with Crippen molar-refractivity contribution in [1.82, 2.24) is 0 Å². The van der Waals surface area contributed by atoms with E-state index in [4.69, 9.17) is 20.8 Å². The summed E-state index contributed by atoms with van der Waals surface area (Å²) in [7, 11) is 0. The monoisotopic (exact) mass is 608 g/mol. The van der Waals surface area contributed by atoms with Crippen LogP contribution in [-0.4, -0.2) is 40.1 Å². The van der Waals surface area contributed by atoms with Crippen LogP contribution in [0.5, 0.6) is 0 Å². The summed E-state index contributed by atoms with van der Waals surface area (Å²) >= 11 is 0. The zero-order chi connectivity index (χ0) is 31.5. The molecule has 226 valence electrons. The van der Waals surface area contributed by atoms with Crippen LogP contribution in [0.4, 0.5) is 26.3 Å². The highest BCUT2D eigenvalue weighted by Gasteiger charge is 2.35. The molecule has 0 bridgehead atoms. The van der Waals surface area contributed by atoms with Gasteiger partial charge in [0.05, 0.1) is 11.1 Å². The highest BCUT2D eigenvalue weighted by Crippen LogP contribution is 2.30. The fraction of sp³-hybridized carbons (Fsp3) is 0.188. The van der Waals surface area contributed by atoms with E-state index in [1.807, 2.05) is 48.5 Å². The first kappa shape index (κ1) is 31.6. The molecule has 12 heteroatoms. The van der Waals surface area contributed by atoms with E-state index in [-0.39, 0.29) is 26.3 Å². The second-order valence-electron chi connectivity index (χ2n) is 10.2. The largest absolute Gasteiger partial charge is 0.426 e. The minimum atomic E-state index is -4.50. The molecule has 0 spiro atoms. The van der Waals surface area contributed by atoms with Gasteiger partial charge in [-0.05, 0) is 43.4 Å². The van der Waals surface area contributed by atoms with Crippen LogP contribution in [0.25, 0.3) is 21.5 Å². The Morgan fingerprint density at radius 2 is 0.773 bits per heavy atom. The molecule has 0 saturated carbocycles. The van der Waals surface area contributed by atoms with Crippen LogP contribution >= 0.6 is 0 Å². The molecular formula is C32H28B2F6N2O2. The summed E-state index contributed by atoms with van der Waals surface area (Å²) in [5.41, 5.74) is 12.5. The highest BCUT2D eigenvalue weighted by molar-refractivity contribution is 6.87. The first-order valence-electron chi connectivity index (χ1n) is 14.0. The van der Waals surface area contributed by atoms with Gasteiger partial charge >= 0.3 is 26.2 Å². The molecule has 5 rings (SSSR count). The number of hydrogen-bond acceptors (Lipinski definition) is 4. The van der Waals surface area contributed by atoms with E-state index in [1.165, 1.54) is 24.3 Å². The average Bonchev–Trinajstić information content (AvgIpc) is 3.01. The normalized spacial score (nSPS) is 12.2. The van der Waals surface area contributed by atoms with Crippen LogP contribution in [0.2, 0.25) is 0 Å². The minimum Gasteiger partial charge on any atom is -0.426 e. The van der Waals surface area contributed by atoms with Gasteiger partial charge in [-0.2, -0.15) is 26.3 Å². The summed E-state index contributed by atoms with van der Waals surface area (Å²) in [6.45, 7) is -0.895. The first-order valence-corrected chi connectivity index (χ1v) is 14.0. The lowest BCUT2D eigenvalue weighted by molar-refractivity contribution is -0.138. The average molecular weight is 608 g/mol. The number of fused-ring (bicyclic) bond motifs is 2. The molecule has 4 N–H and O–H groups in total. The number of alkyl halides is 6. The third-order valence-electron chi connectivity index (χ3n) is 7.43. The van der Waals surface area contributed by atoms with E-state index < -0.39 is 37.3 Å². The zero-order valence-electron chi connectivity index (χ0n) is 23.5. The van der Waals surface area contributed by atoms with Crippen LogP contribution in [-0.2, 0) is 21.7 Å². The summed E-state index contributed by atoms with van der Waals surface area (Å²) in [5, 5.41) is 2.99. The SMILES string of the molecule is NCCOB(c1ccc(C(F)(F)F)cc1)c1c2ccccc2c(B(OCCN)c2ccc(C(F)(F)F)cc2)c2ccccc12. The zero-order valence-corrected chi connectivity index (χ0v) is 23.5. The Hall–Kier alpha value is -3.83. The van der Waals surface area contributed by atoms with Crippen molar-refractivity contribution in [2.75, 3.05) is 26.3 Å². The van der Waals surface area contributed by atoms with Crippen molar-refractivity contribution in [2.24, 2.45) is 11.5 Å². The quantitative estimate of drug-likeness (QED) is 0.142. The second-order valence-corrected chi connectivity index (χ2v) is 10.2. The molecule has 0 saturated heterocycles. The molecule has 0 atom stereocenters. The van der Waals surface area contributed by atoms with Crippen molar-refractivity contribution in [2.45, 2.75) is 12.4 Å². The molecule has 0 unspecified atom stereocenters. The van der Waals surface area contributed by atoms with E-state index in [0.717, 1.165) is 56.7 Å². The molecule has 0 amide bonds. The Labute approximate surface area is 251 Å². The smallest absolute Gasteiger partial charge is 0.416 e. The van der Waals surface area contributed by atoms with Gasteiger partial charge in [0.25, 0.3) is 0 Å². The molecule has 5 aromatic carbocycles.